The molecule has 0 bridgehead atoms. The van der Waals surface area contributed by atoms with Gasteiger partial charge in [0.1, 0.15) is 17.5 Å². The molecule has 0 unspecified atom stereocenters. The first-order chi connectivity index (χ1) is 20.7. The molecular formula is C30H27F2N7O3S. The molecule has 220 valence electrons. The smallest absolute Gasteiger partial charge is 0.229 e. The Labute approximate surface area is 246 Å². The van der Waals surface area contributed by atoms with Crippen LogP contribution in [0.2, 0.25) is 0 Å². The van der Waals surface area contributed by atoms with Crippen LogP contribution in [0.3, 0.4) is 0 Å². The minimum Gasteiger partial charge on any atom is -0.378 e. The van der Waals surface area contributed by atoms with Crippen LogP contribution in [-0.2, 0) is 14.8 Å². The monoisotopic (exact) mass is 603 g/mol. The zero-order valence-electron chi connectivity index (χ0n) is 23.3. The number of anilines is 4. The molecule has 3 aromatic heterocycles. The lowest BCUT2D eigenvalue weighted by molar-refractivity contribution is 0.122. The Bertz CT molecular complexity index is 1940. The van der Waals surface area contributed by atoms with Crippen molar-refractivity contribution in [1.29, 1.82) is 0 Å². The summed E-state index contributed by atoms with van der Waals surface area (Å²) in [4.78, 5) is 20.4. The molecule has 0 saturated carbocycles. The van der Waals surface area contributed by atoms with Crippen molar-refractivity contribution in [3.8, 4) is 22.5 Å². The van der Waals surface area contributed by atoms with Crippen molar-refractivity contribution in [2.24, 2.45) is 0 Å². The average molecular weight is 604 g/mol. The maximum atomic E-state index is 15.5. The van der Waals surface area contributed by atoms with Gasteiger partial charge in [-0.3, -0.25) is 9.71 Å². The molecule has 1 fully saturated rings. The van der Waals surface area contributed by atoms with Crippen molar-refractivity contribution in [2.45, 2.75) is 6.92 Å². The second-order valence-corrected chi connectivity index (χ2v) is 11.8. The number of hydrogen-bond donors (Lipinski definition) is 2. The number of halogens is 2. The highest BCUT2D eigenvalue weighted by atomic mass is 32.2. The molecule has 1 aliphatic heterocycles. The van der Waals surface area contributed by atoms with Gasteiger partial charge >= 0.3 is 0 Å². The van der Waals surface area contributed by atoms with E-state index >= 15 is 4.39 Å². The van der Waals surface area contributed by atoms with Crippen molar-refractivity contribution in [3.05, 3.63) is 84.2 Å². The number of nitrogens with zero attached hydrogens (tertiary/aromatic N) is 5. The lowest BCUT2D eigenvalue weighted by Gasteiger charge is -2.27. The van der Waals surface area contributed by atoms with Crippen LogP contribution >= 0.6 is 0 Å². The van der Waals surface area contributed by atoms with Crippen LogP contribution in [0.15, 0.2) is 67.0 Å². The number of sulfonamides is 1. The fraction of sp³-hybridized carbons (Fsp3) is 0.200. The molecule has 0 spiro atoms. The number of benzene rings is 2. The lowest BCUT2D eigenvalue weighted by Crippen LogP contribution is -2.37. The van der Waals surface area contributed by atoms with E-state index in [1.54, 1.807) is 55.7 Å². The molecule has 13 heteroatoms. The molecular weight excluding hydrogens is 576 g/mol. The standard InChI is InChI=1S/C30H27F2N7O3S/c1-18-27(24-8-3-4-9-33-24)35-25-16-20(31)15-23(32)26(25)28(18)36-29-22(17-34-30(37-29)39-10-12-42-13-11-39)19-6-5-7-21(14-19)38-43(2,40)41/h3-9,14-17,38H,10-13H2,1-2H3,(H,34,35,36,37). The van der Waals surface area contributed by atoms with E-state index in [-0.39, 0.29) is 10.9 Å². The maximum absolute atomic E-state index is 15.5. The number of nitrogens with one attached hydrogen (secondary N) is 2. The highest BCUT2D eigenvalue weighted by molar-refractivity contribution is 7.92. The Kier molecular flexibility index (Phi) is 7.59. The Hall–Kier alpha value is -4.75. The second-order valence-electron chi connectivity index (χ2n) is 10.1. The van der Waals surface area contributed by atoms with Crippen molar-refractivity contribution >= 4 is 44.1 Å². The van der Waals surface area contributed by atoms with Crippen LogP contribution in [0, 0.1) is 18.6 Å². The highest BCUT2D eigenvalue weighted by Gasteiger charge is 2.22. The topological polar surface area (TPSA) is 122 Å². The molecule has 6 rings (SSSR count). The minimum atomic E-state index is -3.53. The minimum absolute atomic E-state index is 0.0866. The van der Waals surface area contributed by atoms with Gasteiger partial charge in [-0.05, 0) is 36.8 Å². The van der Waals surface area contributed by atoms with E-state index in [0.717, 1.165) is 12.3 Å². The van der Waals surface area contributed by atoms with E-state index < -0.39 is 21.7 Å². The van der Waals surface area contributed by atoms with Crippen LogP contribution < -0.4 is 14.9 Å². The Morgan fingerprint density at radius 2 is 1.79 bits per heavy atom. The van der Waals surface area contributed by atoms with E-state index in [2.05, 4.69) is 25.0 Å². The molecule has 1 aliphatic rings. The molecule has 10 nitrogen and oxygen atoms in total. The van der Waals surface area contributed by atoms with E-state index in [1.807, 2.05) is 11.0 Å². The third kappa shape index (κ3) is 6.08. The Morgan fingerprint density at radius 1 is 0.977 bits per heavy atom. The molecule has 2 N–H and O–H groups in total. The number of aromatic nitrogens is 4. The van der Waals surface area contributed by atoms with Gasteiger partial charge in [0.25, 0.3) is 0 Å². The van der Waals surface area contributed by atoms with Gasteiger partial charge in [-0.15, -0.1) is 0 Å². The van der Waals surface area contributed by atoms with Crippen molar-refractivity contribution in [3.63, 3.8) is 0 Å². The van der Waals surface area contributed by atoms with E-state index in [1.165, 1.54) is 6.07 Å². The quantitative estimate of drug-likeness (QED) is 0.255. The van der Waals surface area contributed by atoms with Crippen LogP contribution in [0.25, 0.3) is 33.4 Å². The van der Waals surface area contributed by atoms with E-state index in [4.69, 9.17) is 9.72 Å². The number of morpholine rings is 1. The summed E-state index contributed by atoms with van der Waals surface area (Å²) in [5.74, 6) is -0.775. The molecule has 0 amide bonds. The van der Waals surface area contributed by atoms with Crippen LogP contribution in [0.4, 0.5) is 31.9 Å². The van der Waals surface area contributed by atoms with Gasteiger partial charge in [0.2, 0.25) is 16.0 Å². The predicted octanol–water partition coefficient (Wildman–Crippen LogP) is 5.29. The third-order valence-corrected chi connectivity index (χ3v) is 7.55. The fourth-order valence-electron chi connectivity index (χ4n) is 4.99. The highest BCUT2D eigenvalue weighted by Crippen LogP contribution is 2.39. The van der Waals surface area contributed by atoms with Crippen LogP contribution in [-0.4, -0.2) is 60.9 Å². The number of rotatable bonds is 7. The van der Waals surface area contributed by atoms with E-state index in [0.29, 0.717) is 77.5 Å². The molecule has 5 aromatic rings. The van der Waals surface area contributed by atoms with Crippen molar-refractivity contribution in [2.75, 3.05) is 47.5 Å². The fourth-order valence-corrected chi connectivity index (χ4v) is 5.55. The van der Waals surface area contributed by atoms with E-state index in [9.17, 15) is 12.8 Å². The number of hydrogen-bond acceptors (Lipinski definition) is 9. The van der Waals surface area contributed by atoms with Crippen molar-refractivity contribution < 1.29 is 21.9 Å². The Balaban J connectivity index is 1.55. The largest absolute Gasteiger partial charge is 0.378 e. The summed E-state index contributed by atoms with van der Waals surface area (Å²) >= 11 is 0. The molecule has 1 saturated heterocycles. The summed E-state index contributed by atoms with van der Waals surface area (Å²) in [5.41, 5.74) is 3.48. The van der Waals surface area contributed by atoms with Crippen LogP contribution in [0.5, 0.6) is 0 Å². The zero-order valence-corrected chi connectivity index (χ0v) is 24.1. The summed E-state index contributed by atoms with van der Waals surface area (Å²) in [5, 5.41) is 3.41. The van der Waals surface area contributed by atoms with Gasteiger partial charge in [0.05, 0.1) is 47.4 Å². The maximum Gasteiger partial charge on any atom is 0.229 e. The predicted molar refractivity (Wildman–Crippen MR) is 162 cm³/mol. The van der Waals surface area contributed by atoms with Gasteiger partial charge in [0, 0.05) is 54.4 Å². The van der Waals surface area contributed by atoms with Gasteiger partial charge in [-0.2, -0.15) is 4.98 Å². The summed E-state index contributed by atoms with van der Waals surface area (Å²) in [6, 6.07) is 14.1. The molecule has 43 heavy (non-hydrogen) atoms. The van der Waals surface area contributed by atoms with Gasteiger partial charge < -0.3 is 15.0 Å². The average Bonchev–Trinajstić information content (AvgIpc) is 2.98. The van der Waals surface area contributed by atoms with Gasteiger partial charge in [-0.25, -0.2) is 27.2 Å². The molecule has 4 heterocycles. The first kappa shape index (κ1) is 28.4. The normalized spacial score (nSPS) is 13.7. The molecule has 2 aromatic carbocycles. The summed E-state index contributed by atoms with van der Waals surface area (Å²) in [7, 11) is -3.53. The van der Waals surface area contributed by atoms with Gasteiger partial charge in [-0.1, -0.05) is 18.2 Å². The number of pyridine rings is 2. The first-order valence-electron chi connectivity index (χ1n) is 13.4. The summed E-state index contributed by atoms with van der Waals surface area (Å²) < 4.78 is 61.6. The third-order valence-electron chi connectivity index (χ3n) is 6.94. The molecule has 0 radical (unpaired) electrons. The zero-order chi connectivity index (χ0) is 30.1. The summed E-state index contributed by atoms with van der Waals surface area (Å²) in [6.45, 7) is 3.99. The molecule has 0 atom stereocenters. The first-order valence-corrected chi connectivity index (χ1v) is 15.3. The Morgan fingerprint density at radius 3 is 2.53 bits per heavy atom. The lowest BCUT2D eigenvalue weighted by atomic mass is 10.0. The molecule has 0 aliphatic carbocycles. The van der Waals surface area contributed by atoms with Crippen LogP contribution in [0.1, 0.15) is 5.56 Å². The van der Waals surface area contributed by atoms with Crippen molar-refractivity contribution in [1.82, 2.24) is 19.9 Å². The number of fused-ring (bicyclic) bond motifs is 1. The number of ether oxygens (including phenoxy) is 1. The second kappa shape index (κ2) is 11.5. The van der Waals surface area contributed by atoms with Gasteiger partial charge in [0.15, 0.2) is 0 Å². The summed E-state index contributed by atoms with van der Waals surface area (Å²) in [6.07, 6.45) is 4.32. The SMILES string of the molecule is Cc1c(-c2ccccn2)nc2cc(F)cc(F)c2c1Nc1nc(N2CCOCC2)ncc1-c1cccc(NS(C)(=O)=O)c1.